The van der Waals surface area contributed by atoms with Crippen molar-refractivity contribution in [2.45, 2.75) is 24.8 Å². The molecule has 3 rings (SSSR count). The topological polar surface area (TPSA) is 76.4 Å². The lowest BCUT2D eigenvalue weighted by Crippen LogP contribution is -2.50. The van der Waals surface area contributed by atoms with Gasteiger partial charge in [-0.25, -0.2) is 0 Å². The molecule has 1 aromatic carbocycles. The van der Waals surface area contributed by atoms with Crippen LogP contribution >= 0.6 is 0 Å². The van der Waals surface area contributed by atoms with E-state index in [1.807, 2.05) is 18.2 Å². The van der Waals surface area contributed by atoms with E-state index in [0.29, 0.717) is 13.0 Å². The minimum Gasteiger partial charge on any atom is -0.496 e. The number of hydrogen-bond acceptors (Lipinski definition) is 4. The predicted octanol–water partition coefficient (Wildman–Crippen LogP) is 0.831. The summed E-state index contributed by atoms with van der Waals surface area (Å²) in [4.78, 5) is 12.7. The summed E-state index contributed by atoms with van der Waals surface area (Å²) in [5.41, 5.74) is 8.72. The molecule has 1 heterocycles. The van der Waals surface area contributed by atoms with Crippen LogP contribution in [0.5, 0.6) is 5.75 Å². The molecular formula is C17H23N3O2. The first-order valence-electron chi connectivity index (χ1n) is 7.77. The van der Waals surface area contributed by atoms with E-state index in [9.17, 15) is 4.79 Å². The largest absolute Gasteiger partial charge is 0.496 e. The van der Waals surface area contributed by atoms with Crippen LogP contribution in [0, 0.1) is 0 Å². The van der Waals surface area contributed by atoms with Crippen molar-refractivity contribution in [1.29, 1.82) is 0 Å². The fourth-order valence-corrected chi connectivity index (χ4v) is 3.31. The third-order valence-electron chi connectivity index (χ3n) is 4.64. The van der Waals surface area contributed by atoms with Gasteiger partial charge in [-0.05, 0) is 43.0 Å². The first-order chi connectivity index (χ1) is 10.6. The Hall–Kier alpha value is -1.85. The van der Waals surface area contributed by atoms with Crippen molar-refractivity contribution in [2.24, 2.45) is 5.73 Å². The van der Waals surface area contributed by atoms with Crippen molar-refractivity contribution in [1.82, 2.24) is 10.6 Å². The number of methoxy groups -OCH3 is 1. The van der Waals surface area contributed by atoms with Gasteiger partial charge < -0.3 is 21.1 Å². The Morgan fingerprint density at radius 2 is 2.32 bits per heavy atom. The Kier molecular flexibility index (Phi) is 4.18. The summed E-state index contributed by atoms with van der Waals surface area (Å²) in [6.45, 7) is 2.42. The van der Waals surface area contributed by atoms with Crippen LogP contribution in [0.15, 0.2) is 29.8 Å². The highest BCUT2D eigenvalue weighted by Crippen LogP contribution is 2.39. The van der Waals surface area contributed by atoms with Crippen LogP contribution in [0.4, 0.5) is 0 Å². The molecule has 0 bridgehead atoms. The zero-order valence-electron chi connectivity index (χ0n) is 12.9. The summed E-state index contributed by atoms with van der Waals surface area (Å²) in [7, 11) is 1.65. The maximum Gasteiger partial charge on any atom is 0.244 e. The monoisotopic (exact) mass is 301 g/mol. The molecular weight excluding hydrogens is 278 g/mol. The van der Waals surface area contributed by atoms with Gasteiger partial charge in [0.15, 0.2) is 0 Å². The fourth-order valence-electron chi connectivity index (χ4n) is 3.31. The van der Waals surface area contributed by atoms with Crippen molar-refractivity contribution in [3.8, 4) is 5.75 Å². The zero-order chi connectivity index (χ0) is 15.6. The Labute approximate surface area is 130 Å². The van der Waals surface area contributed by atoms with Gasteiger partial charge in [0.1, 0.15) is 11.3 Å². The molecule has 5 nitrogen and oxygen atoms in total. The quantitative estimate of drug-likeness (QED) is 0.720. The SMILES string of the molecule is COc1cccc2c1CCC2(N)C(=O)NCC1=CCNCC1. The number of carbonyl (C=O) groups is 1. The number of hydrogen-bond donors (Lipinski definition) is 3. The second kappa shape index (κ2) is 6.10. The summed E-state index contributed by atoms with van der Waals surface area (Å²) in [6.07, 6.45) is 4.51. The van der Waals surface area contributed by atoms with Crippen LogP contribution in [0.1, 0.15) is 24.0 Å². The number of ether oxygens (including phenoxy) is 1. The van der Waals surface area contributed by atoms with Crippen molar-refractivity contribution in [3.63, 3.8) is 0 Å². The van der Waals surface area contributed by atoms with Crippen LogP contribution in [0.3, 0.4) is 0 Å². The number of carbonyl (C=O) groups excluding carboxylic acids is 1. The average Bonchev–Trinajstić information content (AvgIpc) is 2.92. The van der Waals surface area contributed by atoms with Crippen molar-refractivity contribution in [2.75, 3.05) is 26.7 Å². The van der Waals surface area contributed by atoms with Crippen LogP contribution in [-0.4, -0.2) is 32.7 Å². The van der Waals surface area contributed by atoms with Crippen LogP contribution in [-0.2, 0) is 16.8 Å². The van der Waals surface area contributed by atoms with Gasteiger partial charge >= 0.3 is 0 Å². The molecule has 0 fully saturated rings. The van der Waals surface area contributed by atoms with Crippen LogP contribution in [0.25, 0.3) is 0 Å². The first-order valence-corrected chi connectivity index (χ1v) is 7.77. The van der Waals surface area contributed by atoms with E-state index in [1.165, 1.54) is 5.57 Å². The number of benzene rings is 1. The maximum atomic E-state index is 12.7. The average molecular weight is 301 g/mol. The van der Waals surface area contributed by atoms with Gasteiger partial charge in [-0.2, -0.15) is 0 Å². The highest BCUT2D eigenvalue weighted by molar-refractivity contribution is 5.89. The lowest BCUT2D eigenvalue weighted by molar-refractivity contribution is -0.126. The van der Waals surface area contributed by atoms with E-state index in [1.54, 1.807) is 7.11 Å². The molecule has 0 aromatic heterocycles. The van der Waals surface area contributed by atoms with E-state index in [-0.39, 0.29) is 5.91 Å². The van der Waals surface area contributed by atoms with Crippen molar-refractivity contribution >= 4 is 5.91 Å². The molecule has 1 aliphatic carbocycles. The molecule has 1 amide bonds. The minimum absolute atomic E-state index is 0.0982. The molecule has 1 aliphatic heterocycles. The number of nitrogens with one attached hydrogen (secondary N) is 2. The normalized spacial score (nSPS) is 23.6. The van der Waals surface area contributed by atoms with Gasteiger partial charge in [0.2, 0.25) is 5.91 Å². The Morgan fingerprint density at radius 1 is 1.45 bits per heavy atom. The van der Waals surface area contributed by atoms with Gasteiger partial charge in [-0.1, -0.05) is 23.8 Å². The van der Waals surface area contributed by atoms with Crippen molar-refractivity contribution < 1.29 is 9.53 Å². The van der Waals surface area contributed by atoms with Crippen LogP contribution < -0.4 is 21.1 Å². The third kappa shape index (κ3) is 2.62. The van der Waals surface area contributed by atoms with Crippen molar-refractivity contribution in [3.05, 3.63) is 41.0 Å². The van der Waals surface area contributed by atoms with Gasteiger partial charge in [0.05, 0.1) is 7.11 Å². The summed E-state index contributed by atoms with van der Waals surface area (Å²) in [6, 6.07) is 5.75. The number of rotatable bonds is 4. The molecule has 22 heavy (non-hydrogen) atoms. The molecule has 1 aromatic rings. The van der Waals surface area contributed by atoms with Gasteiger partial charge in [-0.15, -0.1) is 0 Å². The van der Waals surface area contributed by atoms with Gasteiger partial charge in [-0.3, -0.25) is 4.79 Å². The molecule has 1 atom stereocenters. The molecule has 0 saturated heterocycles. The fraction of sp³-hybridized carbons (Fsp3) is 0.471. The van der Waals surface area contributed by atoms with E-state index in [2.05, 4.69) is 16.7 Å². The number of nitrogens with two attached hydrogens (primary N) is 1. The smallest absolute Gasteiger partial charge is 0.244 e. The maximum absolute atomic E-state index is 12.7. The highest BCUT2D eigenvalue weighted by atomic mass is 16.5. The number of amides is 1. The molecule has 118 valence electrons. The molecule has 1 unspecified atom stereocenters. The van der Waals surface area contributed by atoms with E-state index < -0.39 is 5.54 Å². The second-order valence-corrected chi connectivity index (χ2v) is 5.96. The lowest BCUT2D eigenvalue weighted by atomic mass is 9.91. The Morgan fingerprint density at radius 3 is 3.05 bits per heavy atom. The standard InChI is InChI=1S/C17H23N3O2/c1-22-15-4-2-3-14-13(15)5-8-17(14,18)16(21)20-11-12-6-9-19-10-7-12/h2-4,6,19H,5,7-11,18H2,1H3,(H,20,21). The first kappa shape index (κ1) is 15.1. The predicted molar refractivity (Wildman–Crippen MR) is 85.8 cm³/mol. The molecule has 0 radical (unpaired) electrons. The van der Waals surface area contributed by atoms with Crippen LogP contribution in [0.2, 0.25) is 0 Å². The molecule has 4 N–H and O–H groups in total. The summed E-state index contributed by atoms with van der Waals surface area (Å²) >= 11 is 0. The minimum atomic E-state index is -0.947. The Balaban J connectivity index is 1.75. The molecule has 5 heteroatoms. The Bertz CT molecular complexity index is 612. The lowest BCUT2D eigenvalue weighted by Gasteiger charge is -2.25. The number of fused-ring (bicyclic) bond motifs is 1. The van der Waals surface area contributed by atoms with Gasteiger partial charge in [0, 0.05) is 13.1 Å². The van der Waals surface area contributed by atoms with Gasteiger partial charge in [0.25, 0.3) is 0 Å². The summed E-state index contributed by atoms with van der Waals surface area (Å²) < 4.78 is 5.38. The summed E-state index contributed by atoms with van der Waals surface area (Å²) in [5.74, 6) is 0.720. The molecule has 0 saturated carbocycles. The molecule has 2 aliphatic rings. The van der Waals surface area contributed by atoms with E-state index >= 15 is 0 Å². The third-order valence-corrected chi connectivity index (χ3v) is 4.64. The zero-order valence-corrected chi connectivity index (χ0v) is 12.9. The highest BCUT2D eigenvalue weighted by Gasteiger charge is 2.42. The summed E-state index contributed by atoms with van der Waals surface area (Å²) in [5, 5.41) is 6.28. The second-order valence-electron chi connectivity index (χ2n) is 5.96. The van der Waals surface area contributed by atoms with E-state index in [0.717, 1.165) is 42.8 Å². The molecule has 0 spiro atoms. The van der Waals surface area contributed by atoms with E-state index in [4.69, 9.17) is 10.5 Å².